The summed E-state index contributed by atoms with van der Waals surface area (Å²) < 4.78 is 15.9. The molecule has 0 bridgehead atoms. The van der Waals surface area contributed by atoms with E-state index in [0.29, 0.717) is 17.2 Å². The summed E-state index contributed by atoms with van der Waals surface area (Å²) in [6.45, 7) is 1.90. The SMILES string of the molecule is COc1cc(CC(=O)N[C@H](C)c2ccccn2)cc(OC)c1OC. The van der Waals surface area contributed by atoms with Gasteiger partial charge in [0.15, 0.2) is 11.5 Å². The molecule has 1 heterocycles. The van der Waals surface area contributed by atoms with Crippen molar-refractivity contribution in [1.82, 2.24) is 10.3 Å². The first-order valence-electron chi connectivity index (χ1n) is 7.58. The van der Waals surface area contributed by atoms with Gasteiger partial charge in [0.05, 0.1) is 39.5 Å². The molecule has 0 saturated heterocycles. The van der Waals surface area contributed by atoms with Crippen molar-refractivity contribution in [2.24, 2.45) is 0 Å². The number of benzene rings is 1. The summed E-state index contributed by atoms with van der Waals surface area (Å²) in [5.74, 6) is 1.45. The average molecular weight is 330 g/mol. The van der Waals surface area contributed by atoms with E-state index in [1.807, 2.05) is 25.1 Å². The molecule has 0 radical (unpaired) electrons. The molecule has 2 rings (SSSR count). The third-order valence-corrected chi connectivity index (χ3v) is 3.60. The molecule has 1 amide bonds. The van der Waals surface area contributed by atoms with Gasteiger partial charge in [-0.15, -0.1) is 0 Å². The normalized spacial score (nSPS) is 11.5. The predicted octanol–water partition coefficient (Wildman–Crippen LogP) is 2.53. The maximum atomic E-state index is 12.3. The molecular weight excluding hydrogens is 308 g/mol. The fraction of sp³-hybridized carbons (Fsp3) is 0.333. The highest BCUT2D eigenvalue weighted by molar-refractivity contribution is 5.79. The molecular formula is C18H22N2O4. The second-order valence-electron chi connectivity index (χ2n) is 5.25. The van der Waals surface area contributed by atoms with E-state index < -0.39 is 0 Å². The number of hydrogen-bond acceptors (Lipinski definition) is 5. The molecule has 0 spiro atoms. The van der Waals surface area contributed by atoms with Crippen LogP contribution in [-0.4, -0.2) is 32.2 Å². The van der Waals surface area contributed by atoms with Crippen molar-refractivity contribution >= 4 is 5.91 Å². The van der Waals surface area contributed by atoms with Crippen molar-refractivity contribution < 1.29 is 19.0 Å². The van der Waals surface area contributed by atoms with Crippen LogP contribution in [0.25, 0.3) is 0 Å². The number of nitrogens with zero attached hydrogens (tertiary/aromatic N) is 1. The van der Waals surface area contributed by atoms with Crippen LogP contribution < -0.4 is 19.5 Å². The van der Waals surface area contributed by atoms with Gasteiger partial charge in [-0.3, -0.25) is 9.78 Å². The van der Waals surface area contributed by atoms with Crippen molar-refractivity contribution in [1.29, 1.82) is 0 Å². The zero-order valence-corrected chi connectivity index (χ0v) is 14.3. The molecule has 0 unspecified atom stereocenters. The third kappa shape index (κ3) is 4.16. The Bertz CT molecular complexity index is 664. The van der Waals surface area contributed by atoms with Gasteiger partial charge < -0.3 is 19.5 Å². The van der Waals surface area contributed by atoms with E-state index in [-0.39, 0.29) is 18.4 Å². The minimum absolute atomic E-state index is 0.109. The number of aromatic nitrogens is 1. The lowest BCUT2D eigenvalue weighted by Crippen LogP contribution is -2.28. The van der Waals surface area contributed by atoms with Crippen LogP contribution in [0.1, 0.15) is 24.2 Å². The smallest absolute Gasteiger partial charge is 0.224 e. The predicted molar refractivity (Wildman–Crippen MR) is 90.6 cm³/mol. The molecule has 128 valence electrons. The summed E-state index contributed by atoms with van der Waals surface area (Å²) in [5, 5.41) is 2.93. The summed E-state index contributed by atoms with van der Waals surface area (Å²) in [6, 6.07) is 8.99. The Morgan fingerprint density at radius 1 is 1.12 bits per heavy atom. The van der Waals surface area contributed by atoms with E-state index in [9.17, 15) is 4.79 Å². The molecule has 6 nitrogen and oxygen atoms in total. The second-order valence-corrected chi connectivity index (χ2v) is 5.25. The maximum Gasteiger partial charge on any atom is 0.224 e. The van der Waals surface area contributed by atoms with Crippen LogP contribution in [-0.2, 0) is 11.2 Å². The Kier molecular flexibility index (Phi) is 6.01. The molecule has 1 atom stereocenters. The Hall–Kier alpha value is -2.76. The number of carbonyl (C=O) groups is 1. The first-order chi connectivity index (χ1) is 11.6. The fourth-order valence-corrected chi connectivity index (χ4v) is 2.42. The molecule has 0 aliphatic heterocycles. The zero-order valence-electron chi connectivity index (χ0n) is 14.3. The van der Waals surface area contributed by atoms with E-state index in [1.165, 1.54) is 0 Å². The van der Waals surface area contributed by atoms with Gasteiger partial charge in [-0.1, -0.05) is 6.07 Å². The quantitative estimate of drug-likeness (QED) is 0.845. The van der Waals surface area contributed by atoms with Gasteiger partial charge in [0.2, 0.25) is 11.7 Å². The van der Waals surface area contributed by atoms with Crippen molar-refractivity contribution in [3.8, 4) is 17.2 Å². The van der Waals surface area contributed by atoms with Crippen LogP contribution >= 0.6 is 0 Å². The van der Waals surface area contributed by atoms with Gasteiger partial charge in [0.1, 0.15) is 0 Å². The molecule has 0 fully saturated rings. The molecule has 1 aromatic heterocycles. The minimum atomic E-state index is -0.166. The van der Waals surface area contributed by atoms with Crippen LogP contribution in [0.2, 0.25) is 0 Å². The van der Waals surface area contributed by atoms with Crippen molar-refractivity contribution in [2.75, 3.05) is 21.3 Å². The average Bonchev–Trinajstić information content (AvgIpc) is 2.61. The lowest BCUT2D eigenvalue weighted by molar-refractivity contribution is -0.121. The van der Waals surface area contributed by atoms with Crippen molar-refractivity contribution in [3.05, 3.63) is 47.8 Å². The van der Waals surface area contributed by atoms with Gasteiger partial charge >= 0.3 is 0 Å². The van der Waals surface area contributed by atoms with E-state index in [1.54, 1.807) is 39.7 Å². The van der Waals surface area contributed by atoms with E-state index >= 15 is 0 Å². The Balaban J connectivity index is 2.11. The molecule has 24 heavy (non-hydrogen) atoms. The van der Waals surface area contributed by atoms with Crippen molar-refractivity contribution in [3.63, 3.8) is 0 Å². The highest BCUT2D eigenvalue weighted by Crippen LogP contribution is 2.38. The van der Waals surface area contributed by atoms with Crippen molar-refractivity contribution in [2.45, 2.75) is 19.4 Å². The zero-order chi connectivity index (χ0) is 17.5. The number of nitrogens with one attached hydrogen (secondary N) is 1. The van der Waals surface area contributed by atoms with Gasteiger partial charge in [0, 0.05) is 6.20 Å². The second kappa shape index (κ2) is 8.19. The van der Waals surface area contributed by atoms with Gasteiger partial charge in [-0.25, -0.2) is 0 Å². The molecule has 6 heteroatoms. The van der Waals surface area contributed by atoms with E-state index in [0.717, 1.165) is 11.3 Å². The minimum Gasteiger partial charge on any atom is -0.493 e. The van der Waals surface area contributed by atoms with Gasteiger partial charge in [0.25, 0.3) is 0 Å². The maximum absolute atomic E-state index is 12.3. The molecule has 0 aliphatic carbocycles. The summed E-state index contributed by atoms with van der Waals surface area (Å²) in [7, 11) is 4.63. The van der Waals surface area contributed by atoms with Crippen LogP contribution in [0, 0.1) is 0 Å². The number of methoxy groups -OCH3 is 3. The molecule has 1 aromatic carbocycles. The Labute approximate surface area is 141 Å². The number of amides is 1. The molecule has 0 saturated carbocycles. The third-order valence-electron chi connectivity index (χ3n) is 3.60. The Morgan fingerprint density at radius 3 is 2.29 bits per heavy atom. The number of hydrogen-bond donors (Lipinski definition) is 1. The largest absolute Gasteiger partial charge is 0.493 e. The number of carbonyl (C=O) groups excluding carboxylic acids is 1. The van der Waals surface area contributed by atoms with Crippen LogP contribution in [0.3, 0.4) is 0 Å². The summed E-state index contributed by atoms with van der Waals surface area (Å²) in [4.78, 5) is 16.5. The van der Waals surface area contributed by atoms with Gasteiger partial charge in [-0.05, 0) is 36.8 Å². The Morgan fingerprint density at radius 2 is 1.79 bits per heavy atom. The topological polar surface area (TPSA) is 69.7 Å². The lowest BCUT2D eigenvalue weighted by atomic mass is 10.1. The van der Waals surface area contributed by atoms with Crippen LogP contribution in [0.5, 0.6) is 17.2 Å². The highest BCUT2D eigenvalue weighted by atomic mass is 16.5. The fourth-order valence-electron chi connectivity index (χ4n) is 2.42. The first-order valence-corrected chi connectivity index (χ1v) is 7.58. The summed E-state index contributed by atoms with van der Waals surface area (Å²) in [5.41, 5.74) is 1.59. The number of pyridine rings is 1. The molecule has 0 aliphatic rings. The van der Waals surface area contributed by atoms with E-state index in [4.69, 9.17) is 14.2 Å². The summed E-state index contributed by atoms with van der Waals surface area (Å²) >= 11 is 0. The molecule has 2 aromatic rings. The standard InChI is InChI=1S/C18H22N2O4/c1-12(14-7-5-6-8-19-14)20-17(21)11-13-9-15(22-2)18(24-4)16(10-13)23-3/h5-10,12H,11H2,1-4H3,(H,20,21)/t12-/m1/s1. The highest BCUT2D eigenvalue weighted by Gasteiger charge is 2.16. The number of rotatable bonds is 7. The first kappa shape index (κ1) is 17.6. The van der Waals surface area contributed by atoms with E-state index in [2.05, 4.69) is 10.3 Å². The van der Waals surface area contributed by atoms with Crippen LogP contribution in [0.4, 0.5) is 0 Å². The molecule has 1 N–H and O–H groups in total. The van der Waals surface area contributed by atoms with Gasteiger partial charge in [-0.2, -0.15) is 0 Å². The number of ether oxygens (including phenoxy) is 3. The lowest BCUT2D eigenvalue weighted by Gasteiger charge is -2.16. The summed E-state index contributed by atoms with van der Waals surface area (Å²) in [6.07, 6.45) is 1.91. The monoisotopic (exact) mass is 330 g/mol. The van der Waals surface area contributed by atoms with Crippen LogP contribution in [0.15, 0.2) is 36.5 Å².